The molecule has 0 saturated heterocycles. The molecule has 58 valence electrons. The first kappa shape index (κ1) is 7.72. The van der Waals surface area contributed by atoms with Crippen LogP contribution in [-0.4, -0.2) is 30.3 Å². The van der Waals surface area contributed by atoms with Crippen molar-refractivity contribution in [3.05, 3.63) is 24.4 Å². The second kappa shape index (κ2) is 3.71. The molecule has 0 fully saturated rings. The zero-order chi connectivity index (χ0) is 8.10. The van der Waals surface area contributed by atoms with Crippen molar-refractivity contribution in [2.24, 2.45) is 4.99 Å². The molecule has 0 aliphatic rings. The molecular weight excluding hydrogens is 138 g/mol. The Morgan fingerprint density at radius 2 is 2.27 bits per heavy atom. The minimum absolute atomic E-state index is 0.737. The molecule has 1 heterocycles. The van der Waals surface area contributed by atoms with Gasteiger partial charge in [-0.15, -0.1) is 0 Å². The summed E-state index contributed by atoms with van der Waals surface area (Å²) < 4.78 is 0. The van der Waals surface area contributed by atoms with Crippen molar-refractivity contribution in [1.29, 1.82) is 0 Å². The first-order valence-electron chi connectivity index (χ1n) is 3.40. The minimum Gasteiger partial charge on any atom is -0.369 e. The minimum atomic E-state index is 0.737. The van der Waals surface area contributed by atoms with Gasteiger partial charge in [0, 0.05) is 20.3 Å². The summed E-state index contributed by atoms with van der Waals surface area (Å²) in [5.74, 6) is 0.737. The Hall–Kier alpha value is -1.38. The van der Waals surface area contributed by atoms with Crippen LogP contribution in [0.5, 0.6) is 0 Å². The van der Waals surface area contributed by atoms with Crippen LogP contribution in [0.25, 0.3) is 0 Å². The lowest BCUT2D eigenvalue weighted by Gasteiger charge is -2.00. The van der Waals surface area contributed by atoms with Gasteiger partial charge in [-0.05, 0) is 12.1 Å². The van der Waals surface area contributed by atoms with Gasteiger partial charge in [-0.1, -0.05) is 6.07 Å². The average Bonchev–Trinajstić information content (AvgIpc) is 2.03. The molecular formula is C8H11N3. The molecule has 0 bridgehead atoms. The molecule has 1 aromatic heterocycles. The van der Waals surface area contributed by atoms with E-state index in [9.17, 15) is 0 Å². The van der Waals surface area contributed by atoms with Crippen LogP contribution in [0.2, 0.25) is 0 Å². The number of hydrogen-bond donors (Lipinski definition) is 0. The SMILES string of the molecule is CN(C)/C=N/c1ccccn1. The summed E-state index contributed by atoms with van der Waals surface area (Å²) in [5.41, 5.74) is 0. The van der Waals surface area contributed by atoms with Crippen LogP contribution in [-0.2, 0) is 0 Å². The van der Waals surface area contributed by atoms with Gasteiger partial charge in [-0.25, -0.2) is 9.98 Å². The quantitative estimate of drug-likeness (QED) is 0.468. The molecule has 0 unspecified atom stereocenters. The Labute approximate surface area is 66.4 Å². The maximum Gasteiger partial charge on any atom is 0.153 e. The van der Waals surface area contributed by atoms with Gasteiger partial charge < -0.3 is 4.90 Å². The van der Waals surface area contributed by atoms with Crippen LogP contribution < -0.4 is 0 Å². The highest BCUT2D eigenvalue weighted by Gasteiger charge is 1.83. The zero-order valence-electron chi connectivity index (χ0n) is 6.73. The van der Waals surface area contributed by atoms with Crippen molar-refractivity contribution >= 4 is 12.2 Å². The Kier molecular flexibility index (Phi) is 2.60. The Bertz CT molecular complexity index is 228. The van der Waals surface area contributed by atoms with E-state index in [0.29, 0.717) is 0 Å². The second-order valence-corrected chi connectivity index (χ2v) is 2.40. The van der Waals surface area contributed by atoms with Gasteiger partial charge in [0.05, 0.1) is 6.34 Å². The van der Waals surface area contributed by atoms with E-state index in [1.165, 1.54) is 0 Å². The normalized spacial score (nSPS) is 10.4. The molecule has 1 rings (SSSR count). The lowest BCUT2D eigenvalue weighted by Crippen LogP contribution is -2.07. The summed E-state index contributed by atoms with van der Waals surface area (Å²) >= 11 is 0. The smallest absolute Gasteiger partial charge is 0.153 e. The zero-order valence-corrected chi connectivity index (χ0v) is 6.73. The maximum absolute atomic E-state index is 4.10. The number of hydrogen-bond acceptors (Lipinski definition) is 2. The molecule has 0 N–H and O–H groups in total. The van der Waals surface area contributed by atoms with Gasteiger partial charge in [0.2, 0.25) is 0 Å². The Morgan fingerprint density at radius 3 is 2.82 bits per heavy atom. The summed E-state index contributed by atoms with van der Waals surface area (Å²) in [6, 6.07) is 5.64. The van der Waals surface area contributed by atoms with Gasteiger partial charge in [0.15, 0.2) is 5.82 Å². The number of rotatable bonds is 2. The molecule has 3 nitrogen and oxygen atoms in total. The van der Waals surface area contributed by atoms with E-state index in [1.54, 1.807) is 12.5 Å². The number of aromatic nitrogens is 1. The topological polar surface area (TPSA) is 28.5 Å². The summed E-state index contributed by atoms with van der Waals surface area (Å²) in [4.78, 5) is 9.99. The predicted molar refractivity (Wildman–Crippen MR) is 46.1 cm³/mol. The monoisotopic (exact) mass is 149 g/mol. The highest BCUT2D eigenvalue weighted by Crippen LogP contribution is 2.02. The predicted octanol–water partition coefficient (Wildman–Crippen LogP) is 1.30. The van der Waals surface area contributed by atoms with E-state index in [1.807, 2.05) is 37.2 Å². The van der Waals surface area contributed by atoms with Gasteiger partial charge in [-0.3, -0.25) is 0 Å². The van der Waals surface area contributed by atoms with Crippen molar-refractivity contribution in [3.63, 3.8) is 0 Å². The van der Waals surface area contributed by atoms with E-state index in [4.69, 9.17) is 0 Å². The third-order valence-electron chi connectivity index (χ3n) is 1.07. The largest absolute Gasteiger partial charge is 0.369 e. The second-order valence-electron chi connectivity index (χ2n) is 2.40. The molecule has 0 spiro atoms. The molecule has 11 heavy (non-hydrogen) atoms. The highest BCUT2D eigenvalue weighted by molar-refractivity contribution is 5.58. The molecule has 1 aromatic rings. The van der Waals surface area contributed by atoms with Crippen molar-refractivity contribution in [2.45, 2.75) is 0 Å². The number of pyridine rings is 1. The molecule has 3 heteroatoms. The molecule has 0 aromatic carbocycles. The molecule has 0 atom stereocenters. The fourth-order valence-electron chi connectivity index (χ4n) is 0.605. The van der Waals surface area contributed by atoms with Gasteiger partial charge >= 0.3 is 0 Å². The molecule has 0 saturated carbocycles. The summed E-state index contributed by atoms with van der Waals surface area (Å²) in [6.07, 6.45) is 3.45. The van der Waals surface area contributed by atoms with Crippen molar-refractivity contribution in [2.75, 3.05) is 14.1 Å². The summed E-state index contributed by atoms with van der Waals surface area (Å²) in [6.45, 7) is 0. The Balaban J connectivity index is 2.65. The summed E-state index contributed by atoms with van der Waals surface area (Å²) in [5, 5.41) is 0. The Morgan fingerprint density at radius 1 is 1.45 bits per heavy atom. The summed E-state index contributed by atoms with van der Waals surface area (Å²) in [7, 11) is 3.85. The van der Waals surface area contributed by atoms with Crippen LogP contribution in [0, 0.1) is 0 Å². The van der Waals surface area contributed by atoms with Crippen molar-refractivity contribution < 1.29 is 0 Å². The third kappa shape index (κ3) is 2.80. The first-order chi connectivity index (χ1) is 5.29. The average molecular weight is 149 g/mol. The molecule has 0 aliphatic heterocycles. The van der Waals surface area contributed by atoms with Crippen LogP contribution >= 0.6 is 0 Å². The van der Waals surface area contributed by atoms with Crippen molar-refractivity contribution in [1.82, 2.24) is 9.88 Å². The third-order valence-corrected chi connectivity index (χ3v) is 1.07. The van der Waals surface area contributed by atoms with Crippen LogP contribution in [0.4, 0.5) is 5.82 Å². The first-order valence-corrected chi connectivity index (χ1v) is 3.40. The number of aliphatic imine (C=N–C) groups is 1. The van der Waals surface area contributed by atoms with E-state index in [0.717, 1.165) is 5.82 Å². The van der Waals surface area contributed by atoms with E-state index in [-0.39, 0.29) is 0 Å². The standard InChI is InChI=1S/C8H11N3/c1-11(2)7-10-8-5-3-4-6-9-8/h3-7H,1-2H3/b10-7+. The van der Waals surface area contributed by atoms with Gasteiger partial charge in [0.25, 0.3) is 0 Å². The molecule has 0 amide bonds. The van der Waals surface area contributed by atoms with E-state index >= 15 is 0 Å². The van der Waals surface area contributed by atoms with Crippen LogP contribution in [0.1, 0.15) is 0 Å². The van der Waals surface area contributed by atoms with Gasteiger partial charge in [0.1, 0.15) is 0 Å². The molecule has 0 aliphatic carbocycles. The highest BCUT2D eigenvalue weighted by atomic mass is 15.1. The lowest BCUT2D eigenvalue weighted by molar-refractivity contribution is 0.643. The fraction of sp³-hybridized carbons (Fsp3) is 0.250. The fourth-order valence-corrected chi connectivity index (χ4v) is 0.605. The van der Waals surface area contributed by atoms with Crippen LogP contribution in [0.3, 0.4) is 0 Å². The maximum atomic E-state index is 4.10. The van der Waals surface area contributed by atoms with E-state index < -0.39 is 0 Å². The number of nitrogens with zero attached hydrogens (tertiary/aromatic N) is 3. The van der Waals surface area contributed by atoms with Gasteiger partial charge in [-0.2, -0.15) is 0 Å². The van der Waals surface area contributed by atoms with Crippen molar-refractivity contribution in [3.8, 4) is 0 Å². The van der Waals surface area contributed by atoms with Crippen LogP contribution in [0.15, 0.2) is 29.4 Å². The lowest BCUT2D eigenvalue weighted by atomic mass is 10.5. The van der Waals surface area contributed by atoms with E-state index in [2.05, 4.69) is 9.98 Å². The molecule has 0 radical (unpaired) electrons.